The van der Waals surface area contributed by atoms with E-state index in [-0.39, 0.29) is 29.4 Å². The summed E-state index contributed by atoms with van der Waals surface area (Å²) in [6.45, 7) is 8.07. The Kier molecular flexibility index (Phi) is 9.50. The molecule has 1 amide bonds. The maximum atomic E-state index is 12.1. The van der Waals surface area contributed by atoms with E-state index < -0.39 is 4.92 Å². The highest BCUT2D eigenvalue weighted by Crippen LogP contribution is 2.31. The Labute approximate surface area is 148 Å². The Balaban J connectivity index is 0.00000529. The lowest BCUT2D eigenvalue weighted by molar-refractivity contribution is -0.386. The van der Waals surface area contributed by atoms with E-state index in [1.54, 1.807) is 19.2 Å². The minimum absolute atomic E-state index is 0. The van der Waals surface area contributed by atoms with Crippen molar-refractivity contribution in [2.45, 2.75) is 26.2 Å². The third kappa shape index (κ3) is 6.82. The van der Waals surface area contributed by atoms with Gasteiger partial charge < -0.3 is 15.4 Å². The third-order valence-electron chi connectivity index (χ3n) is 3.33. The Morgan fingerprint density at radius 2 is 1.92 bits per heavy atom. The van der Waals surface area contributed by atoms with Crippen molar-refractivity contribution in [3.05, 3.63) is 39.4 Å². The normalized spacial score (nSPS) is 10.8. The van der Waals surface area contributed by atoms with Crippen molar-refractivity contribution in [1.82, 2.24) is 10.6 Å². The molecule has 8 heteroatoms. The van der Waals surface area contributed by atoms with Crippen LogP contribution in [0.4, 0.5) is 5.69 Å². The molecular weight excluding hydrogens is 334 g/mol. The van der Waals surface area contributed by atoms with Crippen LogP contribution in [0.3, 0.4) is 0 Å². The summed E-state index contributed by atoms with van der Waals surface area (Å²) in [5.74, 6) is -0.317. The van der Waals surface area contributed by atoms with Gasteiger partial charge in [-0.1, -0.05) is 26.8 Å². The van der Waals surface area contributed by atoms with Crippen LogP contribution in [-0.4, -0.2) is 44.2 Å². The van der Waals surface area contributed by atoms with E-state index in [1.165, 1.54) is 6.07 Å². The number of nitrogens with zero attached hydrogens (tertiary/aromatic N) is 1. The first-order valence-corrected chi connectivity index (χ1v) is 7.54. The maximum Gasteiger partial charge on any atom is 0.273 e. The van der Waals surface area contributed by atoms with Gasteiger partial charge in [0.2, 0.25) is 0 Å². The first kappa shape index (κ1) is 22.3. The Hall–Kier alpha value is -1.70. The molecule has 0 saturated carbocycles. The molecule has 0 aliphatic carbocycles. The molecule has 0 atom stereocenters. The minimum atomic E-state index is -0.441. The van der Waals surface area contributed by atoms with Crippen molar-refractivity contribution in [1.29, 1.82) is 0 Å². The molecule has 24 heavy (non-hydrogen) atoms. The summed E-state index contributed by atoms with van der Waals surface area (Å²) in [4.78, 5) is 22.9. The van der Waals surface area contributed by atoms with Gasteiger partial charge in [-0.15, -0.1) is 12.4 Å². The summed E-state index contributed by atoms with van der Waals surface area (Å²) in [6.07, 6.45) is 0. The van der Waals surface area contributed by atoms with Crippen molar-refractivity contribution >= 4 is 24.0 Å². The first-order chi connectivity index (χ1) is 10.8. The molecular formula is C16H26ClN3O4. The number of carbonyl (C=O) groups is 1. The van der Waals surface area contributed by atoms with Gasteiger partial charge in [-0.2, -0.15) is 0 Å². The van der Waals surface area contributed by atoms with Crippen LogP contribution in [0.25, 0.3) is 0 Å². The van der Waals surface area contributed by atoms with Gasteiger partial charge in [0.05, 0.1) is 11.5 Å². The van der Waals surface area contributed by atoms with Crippen LogP contribution < -0.4 is 10.6 Å². The molecule has 0 spiro atoms. The molecule has 1 aromatic rings. The van der Waals surface area contributed by atoms with E-state index in [4.69, 9.17) is 4.74 Å². The monoisotopic (exact) mass is 359 g/mol. The number of amides is 1. The Morgan fingerprint density at radius 3 is 2.46 bits per heavy atom. The first-order valence-electron chi connectivity index (χ1n) is 7.54. The molecule has 0 bridgehead atoms. The lowest BCUT2D eigenvalue weighted by Gasteiger charge is -2.19. The predicted octanol–water partition coefficient (Wildman–Crippen LogP) is 2.28. The zero-order valence-electron chi connectivity index (χ0n) is 14.5. The van der Waals surface area contributed by atoms with Crippen molar-refractivity contribution in [3.63, 3.8) is 0 Å². The highest BCUT2D eigenvalue weighted by molar-refractivity contribution is 5.95. The number of rotatable bonds is 8. The summed E-state index contributed by atoms with van der Waals surface area (Å²) in [5.41, 5.74) is 0.521. The number of hydrogen-bond acceptors (Lipinski definition) is 5. The molecule has 0 saturated heterocycles. The molecule has 0 heterocycles. The number of nitrogens with one attached hydrogen (secondary N) is 2. The highest BCUT2D eigenvalue weighted by Gasteiger charge is 2.25. The standard InChI is InChI=1S/C16H25N3O4.ClH/c1-16(2,3)13-6-5-12(11-14(13)19(21)22)15(20)18-8-7-17-9-10-23-4;/h5-6,11,17H,7-10H2,1-4H3,(H,18,20);1H. The Morgan fingerprint density at radius 1 is 1.25 bits per heavy atom. The molecule has 0 aromatic heterocycles. The van der Waals surface area contributed by atoms with E-state index in [9.17, 15) is 14.9 Å². The third-order valence-corrected chi connectivity index (χ3v) is 3.33. The van der Waals surface area contributed by atoms with Crippen molar-refractivity contribution in [2.24, 2.45) is 0 Å². The molecule has 0 radical (unpaired) electrons. The number of nitro groups is 1. The van der Waals surface area contributed by atoms with Crippen LogP contribution in [0.1, 0.15) is 36.7 Å². The lowest BCUT2D eigenvalue weighted by Crippen LogP contribution is -2.33. The molecule has 0 unspecified atom stereocenters. The fourth-order valence-corrected chi connectivity index (χ4v) is 2.12. The summed E-state index contributed by atoms with van der Waals surface area (Å²) in [5, 5.41) is 17.1. The number of benzene rings is 1. The van der Waals surface area contributed by atoms with Crippen LogP contribution in [0.5, 0.6) is 0 Å². The van der Waals surface area contributed by atoms with Crippen molar-refractivity contribution in [3.8, 4) is 0 Å². The fourth-order valence-electron chi connectivity index (χ4n) is 2.12. The number of hydrogen-bond donors (Lipinski definition) is 2. The van der Waals surface area contributed by atoms with Crippen molar-refractivity contribution < 1.29 is 14.5 Å². The zero-order valence-corrected chi connectivity index (χ0v) is 15.4. The molecule has 136 valence electrons. The van der Waals surface area contributed by atoms with Gasteiger partial charge in [0.1, 0.15) is 0 Å². The van der Waals surface area contributed by atoms with Gasteiger partial charge >= 0.3 is 0 Å². The average Bonchev–Trinajstić information content (AvgIpc) is 2.49. The van der Waals surface area contributed by atoms with E-state index in [2.05, 4.69) is 10.6 Å². The fraction of sp³-hybridized carbons (Fsp3) is 0.562. The van der Waals surface area contributed by atoms with Crippen LogP contribution in [0, 0.1) is 10.1 Å². The largest absolute Gasteiger partial charge is 0.383 e. The second-order valence-electron chi connectivity index (χ2n) is 6.24. The summed E-state index contributed by atoms with van der Waals surface area (Å²) in [6, 6.07) is 4.62. The lowest BCUT2D eigenvalue weighted by atomic mass is 9.85. The van der Waals surface area contributed by atoms with Gasteiger partial charge in [0.15, 0.2) is 0 Å². The molecule has 2 N–H and O–H groups in total. The molecule has 0 fully saturated rings. The molecule has 0 aliphatic rings. The van der Waals surface area contributed by atoms with Crippen molar-refractivity contribution in [2.75, 3.05) is 33.4 Å². The maximum absolute atomic E-state index is 12.1. The van der Waals surface area contributed by atoms with E-state index >= 15 is 0 Å². The number of ether oxygens (including phenoxy) is 1. The number of carbonyl (C=O) groups excluding carboxylic acids is 1. The van der Waals surface area contributed by atoms with E-state index in [0.717, 1.165) is 0 Å². The van der Waals surface area contributed by atoms with Gasteiger partial charge in [0, 0.05) is 43.9 Å². The van der Waals surface area contributed by atoms with Crippen LogP contribution in [0.15, 0.2) is 18.2 Å². The van der Waals surface area contributed by atoms with E-state index in [1.807, 2.05) is 20.8 Å². The van der Waals surface area contributed by atoms with Gasteiger partial charge in [-0.25, -0.2) is 0 Å². The zero-order chi connectivity index (χ0) is 17.5. The number of nitro benzene ring substituents is 1. The van der Waals surface area contributed by atoms with Crippen LogP contribution in [0.2, 0.25) is 0 Å². The second kappa shape index (κ2) is 10.2. The molecule has 7 nitrogen and oxygen atoms in total. The van der Waals surface area contributed by atoms with E-state index in [0.29, 0.717) is 37.4 Å². The smallest absolute Gasteiger partial charge is 0.273 e. The Bertz CT molecular complexity index is 559. The van der Waals surface area contributed by atoms with Crippen LogP contribution in [-0.2, 0) is 10.2 Å². The average molecular weight is 360 g/mol. The quantitative estimate of drug-likeness (QED) is 0.422. The summed E-state index contributed by atoms with van der Waals surface area (Å²) < 4.78 is 4.90. The van der Waals surface area contributed by atoms with Crippen LogP contribution >= 0.6 is 12.4 Å². The number of methoxy groups -OCH3 is 1. The SMILES string of the molecule is COCCNCCNC(=O)c1ccc(C(C)(C)C)c([N+](=O)[O-])c1.Cl. The molecule has 1 aromatic carbocycles. The highest BCUT2D eigenvalue weighted by atomic mass is 35.5. The topological polar surface area (TPSA) is 93.5 Å². The summed E-state index contributed by atoms with van der Waals surface area (Å²) >= 11 is 0. The summed E-state index contributed by atoms with van der Waals surface area (Å²) in [7, 11) is 1.62. The van der Waals surface area contributed by atoms with Gasteiger partial charge in [-0.05, 0) is 11.5 Å². The second-order valence-corrected chi connectivity index (χ2v) is 6.24. The number of halogens is 1. The minimum Gasteiger partial charge on any atom is -0.383 e. The van der Waals surface area contributed by atoms with Gasteiger partial charge in [0.25, 0.3) is 11.6 Å². The predicted molar refractivity (Wildman–Crippen MR) is 96.1 cm³/mol. The van der Waals surface area contributed by atoms with Gasteiger partial charge in [-0.3, -0.25) is 14.9 Å². The molecule has 1 rings (SSSR count). The molecule has 0 aliphatic heterocycles.